The van der Waals surface area contributed by atoms with Gasteiger partial charge in [-0.3, -0.25) is 0 Å². The Balaban J connectivity index is 1.87. The molecule has 2 N–H and O–H groups in total. The first-order valence-electron chi connectivity index (χ1n) is 7.04. The average Bonchev–Trinajstić information content (AvgIpc) is 2.52. The predicted octanol–water partition coefficient (Wildman–Crippen LogP) is 2.63. The topological polar surface area (TPSA) is 52.3 Å². The second-order valence-electron chi connectivity index (χ2n) is 5.03. The normalized spacial score (nSPS) is 12.5. The molecule has 0 spiro atoms. The zero-order chi connectivity index (χ0) is 15.9. The van der Waals surface area contributed by atoms with Crippen molar-refractivity contribution in [3.63, 3.8) is 0 Å². The van der Waals surface area contributed by atoms with E-state index in [1.165, 1.54) is 11.6 Å². The van der Waals surface area contributed by atoms with Crippen LogP contribution >= 0.6 is 0 Å². The first-order chi connectivity index (χ1) is 10.6. The van der Waals surface area contributed by atoms with Gasteiger partial charge in [0.2, 0.25) is 0 Å². The van der Waals surface area contributed by atoms with E-state index in [0.29, 0.717) is 11.3 Å². The van der Waals surface area contributed by atoms with Gasteiger partial charge in [0.05, 0.1) is 0 Å². The van der Waals surface area contributed by atoms with E-state index in [-0.39, 0.29) is 23.0 Å². The fraction of sp³-hybridized carbons (Fsp3) is 0.235. The Bertz CT molecular complexity index is 631. The molecular formula is C17H19AsFNO2. The van der Waals surface area contributed by atoms with E-state index in [0.717, 1.165) is 5.21 Å². The van der Waals surface area contributed by atoms with Gasteiger partial charge < -0.3 is 0 Å². The number of amides is 1. The molecule has 2 rings (SSSR count). The van der Waals surface area contributed by atoms with E-state index in [1.54, 1.807) is 18.2 Å². The van der Waals surface area contributed by atoms with Gasteiger partial charge in [-0.1, -0.05) is 0 Å². The summed E-state index contributed by atoms with van der Waals surface area (Å²) >= 11 is -0.419. The number of carbonyl (C=O) groups excluding carboxylic acids is 1. The number of primary amides is 1. The molecule has 5 heteroatoms. The Morgan fingerprint density at radius 1 is 1.23 bits per heavy atom. The molecule has 1 amide bonds. The number of rotatable bonds is 7. The van der Waals surface area contributed by atoms with Gasteiger partial charge in [-0.2, -0.15) is 0 Å². The van der Waals surface area contributed by atoms with E-state index in [2.05, 4.69) is 0 Å². The van der Waals surface area contributed by atoms with Crippen LogP contribution in [0.2, 0.25) is 4.71 Å². The van der Waals surface area contributed by atoms with E-state index in [9.17, 15) is 9.18 Å². The molecule has 0 aliphatic rings. The third-order valence-corrected chi connectivity index (χ3v) is 6.48. The molecule has 0 radical (unpaired) electrons. The van der Waals surface area contributed by atoms with Gasteiger partial charge in [-0.25, -0.2) is 0 Å². The van der Waals surface area contributed by atoms with Gasteiger partial charge in [0.25, 0.3) is 0 Å². The number of carbonyl (C=O) groups is 1. The minimum atomic E-state index is -0.419. The number of hydrogen-bond donors (Lipinski definition) is 1. The monoisotopic (exact) mass is 363 g/mol. The summed E-state index contributed by atoms with van der Waals surface area (Å²) in [4.78, 5) is 11.0. The fourth-order valence-electron chi connectivity index (χ4n) is 1.85. The van der Waals surface area contributed by atoms with Crippen LogP contribution in [0.1, 0.15) is 18.1 Å². The number of halogens is 1. The molecule has 0 fully saturated rings. The van der Waals surface area contributed by atoms with Crippen LogP contribution in [-0.4, -0.2) is 21.7 Å². The molecule has 22 heavy (non-hydrogen) atoms. The van der Waals surface area contributed by atoms with Crippen LogP contribution in [0.3, 0.4) is 0 Å². The van der Waals surface area contributed by atoms with Crippen molar-refractivity contribution in [2.45, 2.75) is 23.4 Å². The van der Waals surface area contributed by atoms with E-state index in [1.807, 2.05) is 31.2 Å². The molecule has 0 bridgehead atoms. The number of ether oxygens (including phenoxy) is 1. The molecule has 0 saturated carbocycles. The quantitative estimate of drug-likeness (QED) is 0.769. The minimum absolute atomic E-state index is 0.00279. The maximum absolute atomic E-state index is 13.5. The van der Waals surface area contributed by atoms with Crippen LogP contribution in [0.25, 0.3) is 0 Å². The molecule has 0 aromatic heterocycles. The third-order valence-electron chi connectivity index (χ3n) is 3.31. The number of nitrogens with two attached hydrogens (primary N) is 1. The summed E-state index contributed by atoms with van der Waals surface area (Å²) in [5, 5.41) is 0.914. The van der Waals surface area contributed by atoms with Crippen LogP contribution in [0.5, 0.6) is 5.75 Å². The molecule has 2 unspecified atom stereocenters. The van der Waals surface area contributed by atoms with Crippen LogP contribution in [0, 0.1) is 5.82 Å². The van der Waals surface area contributed by atoms with Gasteiger partial charge in [0, 0.05) is 0 Å². The van der Waals surface area contributed by atoms with Crippen LogP contribution in [0.15, 0.2) is 48.5 Å². The standard InChI is InChI=1S/C17H19AsFNO2/c1-12(17(20)21)18-10-13-6-8-15(9-7-13)22-11-14-4-2-3-5-16(14)19/h2-9,12,18H,10-11H2,1H3,(H2,20,21). The van der Waals surface area contributed by atoms with E-state index in [4.69, 9.17) is 10.5 Å². The number of benzene rings is 2. The first kappa shape index (κ1) is 16.6. The Morgan fingerprint density at radius 3 is 2.55 bits per heavy atom. The van der Waals surface area contributed by atoms with Gasteiger partial charge in [-0.05, 0) is 0 Å². The molecule has 0 aliphatic heterocycles. The van der Waals surface area contributed by atoms with Gasteiger partial charge in [0.1, 0.15) is 0 Å². The van der Waals surface area contributed by atoms with Crippen molar-refractivity contribution in [2.75, 3.05) is 0 Å². The van der Waals surface area contributed by atoms with Crippen molar-refractivity contribution in [2.24, 2.45) is 5.73 Å². The van der Waals surface area contributed by atoms with Crippen LogP contribution in [0.4, 0.5) is 4.39 Å². The van der Waals surface area contributed by atoms with Crippen molar-refractivity contribution < 1.29 is 13.9 Å². The van der Waals surface area contributed by atoms with Gasteiger partial charge in [-0.15, -0.1) is 0 Å². The molecule has 0 saturated heterocycles. The Labute approximate surface area is 136 Å². The molecule has 3 nitrogen and oxygen atoms in total. The Hall–Kier alpha value is -1.80. The second kappa shape index (κ2) is 8.00. The second-order valence-corrected chi connectivity index (χ2v) is 8.44. The van der Waals surface area contributed by atoms with Crippen molar-refractivity contribution in [1.29, 1.82) is 0 Å². The van der Waals surface area contributed by atoms with E-state index < -0.39 is 15.8 Å². The summed E-state index contributed by atoms with van der Waals surface area (Å²) in [6, 6.07) is 14.3. The van der Waals surface area contributed by atoms with Crippen LogP contribution in [-0.2, 0) is 16.6 Å². The summed E-state index contributed by atoms with van der Waals surface area (Å²) in [7, 11) is 0. The molecule has 0 heterocycles. The number of hydrogen-bond acceptors (Lipinski definition) is 2. The summed E-state index contributed by atoms with van der Waals surface area (Å²) in [6.07, 6.45) is 0. The van der Waals surface area contributed by atoms with Crippen LogP contribution < -0.4 is 10.5 Å². The summed E-state index contributed by atoms with van der Waals surface area (Å²) in [6.45, 7) is 2.09. The van der Waals surface area contributed by atoms with Crippen molar-refractivity contribution in [1.82, 2.24) is 0 Å². The van der Waals surface area contributed by atoms with Crippen molar-refractivity contribution in [3.05, 3.63) is 65.5 Å². The third kappa shape index (κ3) is 4.88. The Morgan fingerprint density at radius 2 is 1.91 bits per heavy atom. The fourth-order valence-corrected chi connectivity index (χ4v) is 3.91. The predicted molar refractivity (Wildman–Crippen MR) is 86.6 cm³/mol. The summed E-state index contributed by atoms with van der Waals surface area (Å²) < 4.78 is 19.1. The maximum atomic E-state index is 13.5. The Kier molecular flexibility index (Phi) is 6.02. The molecule has 2 atom stereocenters. The average molecular weight is 363 g/mol. The SMILES string of the molecule is CC([AsH]Cc1ccc(OCc2ccccc2F)cc1)C(N)=O. The first-order valence-corrected chi connectivity index (χ1v) is 9.73. The summed E-state index contributed by atoms with van der Waals surface area (Å²) in [5.41, 5.74) is 6.98. The van der Waals surface area contributed by atoms with Crippen molar-refractivity contribution >= 4 is 21.7 Å². The zero-order valence-corrected chi connectivity index (χ0v) is 14.5. The van der Waals surface area contributed by atoms with E-state index >= 15 is 0 Å². The van der Waals surface area contributed by atoms with Crippen molar-refractivity contribution in [3.8, 4) is 5.75 Å². The molecule has 116 valence electrons. The van der Waals surface area contributed by atoms with Gasteiger partial charge in [0.15, 0.2) is 0 Å². The summed E-state index contributed by atoms with van der Waals surface area (Å²) in [5.74, 6) is 0.227. The molecule has 0 aliphatic carbocycles. The molecule has 2 aromatic carbocycles. The molecular weight excluding hydrogens is 344 g/mol. The van der Waals surface area contributed by atoms with Gasteiger partial charge >= 0.3 is 136 Å². The molecule has 2 aromatic rings. The zero-order valence-electron chi connectivity index (χ0n) is 12.4.